The fourth-order valence-corrected chi connectivity index (χ4v) is 5.70. The maximum absolute atomic E-state index is 13.4. The van der Waals surface area contributed by atoms with Crippen molar-refractivity contribution in [2.45, 2.75) is 45.6 Å². The highest BCUT2D eigenvalue weighted by Gasteiger charge is 2.56. The molecular weight excluding hydrogens is 372 g/mol. The van der Waals surface area contributed by atoms with Gasteiger partial charge < -0.3 is 9.80 Å². The number of thiophene rings is 1. The van der Waals surface area contributed by atoms with E-state index in [0.717, 1.165) is 34.8 Å². The molecule has 6 nitrogen and oxygen atoms in total. The van der Waals surface area contributed by atoms with E-state index in [0.29, 0.717) is 13.1 Å². The number of aromatic nitrogens is 2. The van der Waals surface area contributed by atoms with Gasteiger partial charge in [0.1, 0.15) is 0 Å². The molecule has 0 unspecified atom stereocenters. The van der Waals surface area contributed by atoms with E-state index in [9.17, 15) is 9.59 Å². The molecule has 2 atom stereocenters. The van der Waals surface area contributed by atoms with Crippen molar-refractivity contribution in [3.8, 4) is 0 Å². The minimum absolute atomic E-state index is 0.0299. The SMILES string of the molecule is Cc1ccc(C(=O)N2C[C@@H](c3ccnn3C(C)C)[C@@]3(CCCN(C)C3=O)C2)s1. The van der Waals surface area contributed by atoms with Crippen LogP contribution < -0.4 is 0 Å². The van der Waals surface area contributed by atoms with E-state index >= 15 is 0 Å². The minimum atomic E-state index is -0.554. The van der Waals surface area contributed by atoms with Crippen LogP contribution in [-0.2, 0) is 4.79 Å². The molecular formula is C21H28N4O2S. The van der Waals surface area contributed by atoms with E-state index in [1.807, 2.05) is 52.8 Å². The average molecular weight is 401 g/mol. The van der Waals surface area contributed by atoms with Crippen molar-refractivity contribution in [1.29, 1.82) is 0 Å². The normalized spacial score (nSPS) is 25.3. The van der Waals surface area contributed by atoms with Gasteiger partial charge in [0.05, 0.1) is 10.3 Å². The standard InChI is InChI=1S/C21H28N4O2S/c1-14(2)25-17(8-10-22-25)16-12-24(19(26)18-7-6-15(3)28-18)13-21(16)9-5-11-23(4)20(21)27/h6-8,10,14,16H,5,9,11-13H2,1-4H3/t16-,21+/m0/s1. The summed E-state index contributed by atoms with van der Waals surface area (Å²) in [4.78, 5) is 32.2. The molecule has 0 bridgehead atoms. The third-order valence-electron chi connectivity index (χ3n) is 6.22. The van der Waals surface area contributed by atoms with E-state index < -0.39 is 5.41 Å². The van der Waals surface area contributed by atoms with Crippen LogP contribution >= 0.6 is 11.3 Å². The fraction of sp³-hybridized carbons (Fsp3) is 0.571. The Morgan fingerprint density at radius 3 is 2.79 bits per heavy atom. The maximum Gasteiger partial charge on any atom is 0.263 e. The molecule has 1 spiro atoms. The number of aryl methyl sites for hydroxylation is 1. The Bertz CT molecular complexity index is 902. The van der Waals surface area contributed by atoms with Gasteiger partial charge in [-0.3, -0.25) is 14.3 Å². The molecule has 0 radical (unpaired) electrons. The van der Waals surface area contributed by atoms with Gasteiger partial charge in [-0.1, -0.05) is 0 Å². The molecule has 150 valence electrons. The van der Waals surface area contributed by atoms with Gasteiger partial charge in [-0.2, -0.15) is 5.10 Å². The van der Waals surface area contributed by atoms with Crippen LogP contribution in [0.5, 0.6) is 0 Å². The Labute approximate surface area is 170 Å². The molecule has 0 aliphatic carbocycles. The molecule has 2 aliphatic rings. The van der Waals surface area contributed by atoms with Crippen LogP contribution in [0, 0.1) is 12.3 Å². The third-order valence-corrected chi connectivity index (χ3v) is 7.21. The second kappa shape index (κ2) is 7.03. The van der Waals surface area contributed by atoms with Gasteiger partial charge in [0.15, 0.2) is 0 Å². The van der Waals surface area contributed by atoms with Crippen molar-refractivity contribution in [3.63, 3.8) is 0 Å². The molecule has 2 aromatic rings. The zero-order valence-corrected chi connectivity index (χ0v) is 17.8. The largest absolute Gasteiger partial charge is 0.345 e. The topological polar surface area (TPSA) is 58.4 Å². The lowest BCUT2D eigenvalue weighted by Crippen LogP contribution is -2.51. The van der Waals surface area contributed by atoms with Gasteiger partial charge in [0.25, 0.3) is 5.91 Å². The maximum atomic E-state index is 13.4. The molecule has 2 aromatic heterocycles. The van der Waals surface area contributed by atoms with Crippen molar-refractivity contribution in [3.05, 3.63) is 39.8 Å². The first-order valence-electron chi connectivity index (χ1n) is 9.98. The van der Waals surface area contributed by atoms with Crippen molar-refractivity contribution < 1.29 is 9.59 Å². The molecule has 4 rings (SSSR count). The van der Waals surface area contributed by atoms with Crippen LogP contribution in [-0.4, -0.2) is 58.1 Å². The molecule has 0 N–H and O–H groups in total. The summed E-state index contributed by atoms with van der Waals surface area (Å²) in [5, 5.41) is 4.50. The van der Waals surface area contributed by atoms with Gasteiger partial charge in [0.2, 0.25) is 5.91 Å². The Morgan fingerprint density at radius 2 is 2.11 bits per heavy atom. The van der Waals surface area contributed by atoms with Crippen LogP contribution in [0.25, 0.3) is 0 Å². The summed E-state index contributed by atoms with van der Waals surface area (Å²) in [5.41, 5.74) is 0.512. The van der Waals surface area contributed by atoms with Crippen LogP contribution in [0.2, 0.25) is 0 Å². The van der Waals surface area contributed by atoms with E-state index in [1.54, 1.807) is 0 Å². The fourth-order valence-electron chi connectivity index (χ4n) is 4.87. The Kier molecular flexibility index (Phi) is 4.81. The van der Waals surface area contributed by atoms with Gasteiger partial charge in [0, 0.05) is 55.4 Å². The molecule has 28 heavy (non-hydrogen) atoms. The summed E-state index contributed by atoms with van der Waals surface area (Å²) in [6.45, 7) is 8.05. The number of amides is 2. The molecule has 4 heterocycles. The molecule has 0 aromatic carbocycles. The number of hydrogen-bond donors (Lipinski definition) is 0. The lowest BCUT2D eigenvalue weighted by molar-refractivity contribution is -0.144. The Hall–Kier alpha value is -2.15. The number of carbonyl (C=O) groups excluding carboxylic acids is 2. The summed E-state index contributed by atoms with van der Waals surface area (Å²) in [7, 11) is 1.88. The van der Waals surface area contributed by atoms with Crippen molar-refractivity contribution >= 4 is 23.2 Å². The van der Waals surface area contributed by atoms with Crippen LogP contribution in [0.15, 0.2) is 24.4 Å². The van der Waals surface area contributed by atoms with Crippen LogP contribution in [0.1, 0.15) is 58.9 Å². The number of likely N-dealkylation sites (tertiary alicyclic amines) is 2. The van der Waals surface area contributed by atoms with E-state index in [4.69, 9.17) is 0 Å². The molecule has 2 saturated heterocycles. The summed E-state index contributed by atoms with van der Waals surface area (Å²) in [6.07, 6.45) is 3.60. The second-order valence-corrected chi connectivity index (χ2v) is 9.72. The smallest absolute Gasteiger partial charge is 0.263 e. The van der Waals surface area contributed by atoms with Crippen LogP contribution in [0.4, 0.5) is 0 Å². The van der Waals surface area contributed by atoms with Crippen LogP contribution in [0.3, 0.4) is 0 Å². The van der Waals surface area contributed by atoms with Gasteiger partial charge in [-0.25, -0.2) is 0 Å². The zero-order chi connectivity index (χ0) is 20.1. The lowest BCUT2D eigenvalue weighted by atomic mass is 9.70. The highest BCUT2D eigenvalue weighted by Crippen LogP contribution is 2.49. The van der Waals surface area contributed by atoms with E-state index in [2.05, 4.69) is 18.9 Å². The molecule has 0 saturated carbocycles. The summed E-state index contributed by atoms with van der Waals surface area (Å²) < 4.78 is 2.01. The van der Waals surface area contributed by atoms with Gasteiger partial charge >= 0.3 is 0 Å². The Balaban J connectivity index is 1.74. The minimum Gasteiger partial charge on any atom is -0.345 e. The summed E-state index contributed by atoms with van der Waals surface area (Å²) in [6, 6.07) is 6.12. The highest BCUT2D eigenvalue weighted by molar-refractivity contribution is 7.13. The van der Waals surface area contributed by atoms with Crippen molar-refractivity contribution in [1.82, 2.24) is 19.6 Å². The van der Waals surface area contributed by atoms with Crippen molar-refractivity contribution in [2.75, 3.05) is 26.7 Å². The number of rotatable bonds is 3. The number of carbonyl (C=O) groups is 2. The summed E-state index contributed by atoms with van der Waals surface area (Å²) in [5.74, 6) is 0.173. The van der Waals surface area contributed by atoms with Gasteiger partial charge in [-0.05, 0) is 51.8 Å². The first kappa shape index (κ1) is 19.2. The monoisotopic (exact) mass is 400 g/mol. The average Bonchev–Trinajstić information content (AvgIpc) is 3.37. The molecule has 7 heteroatoms. The number of hydrogen-bond acceptors (Lipinski definition) is 4. The third kappa shape index (κ3) is 2.96. The van der Waals surface area contributed by atoms with E-state index in [1.165, 1.54) is 11.3 Å². The lowest BCUT2D eigenvalue weighted by Gasteiger charge is -2.41. The predicted octanol–water partition coefficient (Wildman–Crippen LogP) is 3.31. The zero-order valence-electron chi connectivity index (χ0n) is 17.0. The quantitative estimate of drug-likeness (QED) is 0.794. The first-order chi connectivity index (χ1) is 13.3. The molecule has 2 amide bonds. The summed E-state index contributed by atoms with van der Waals surface area (Å²) >= 11 is 1.52. The first-order valence-corrected chi connectivity index (χ1v) is 10.8. The Morgan fingerprint density at radius 1 is 1.32 bits per heavy atom. The number of piperidine rings is 1. The number of nitrogens with zero attached hydrogens (tertiary/aromatic N) is 4. The van der Waals surface area contributed by atoms with Gasteiger partial charge in [-0.15, -0.1) is 11.3 Å². The van der Waals surface area contributed by atoms with E-state index in [-0.39, 0.29) is 23.8 Å². The second-order valence-electron chi connectivity index (χ2n) is 8.43. The molecule has 2 fully saturated rings. The van der Waals surface area contributed by atoms with Crippen molar-refractivity contribution in [2.24, 2.45) is 5.41 Å². The predicted molar refractivity (Wildman–Crippen MR) is 110 cm³/mol. The highest BCUT2D eigenvalue weighted by atomic mass is 32.1. The molecule has 2 aliphatic heterocycles.